The van der Waals surface area contributed by atoms with Gasteiger partial charge in [0.05, 0.1) is 31.8 Å². The highest BCUT2D eigenvalue weighted by atomic mass is 16.6. The van der Waals surface area contributed by atoms with Gasteiger partial charge in [-0.3, -0.25) is 4.79 Å². The maximum Gasteiger partial charge on any atom is 0.224 e. The molecular formula is C17H23NO3. The van der Waals surface area contributed by atoms with Crippen LogP contribution >= 0.6 is 0 Å². The Bertz CT molecular complexity index is 503. The van der Waals surface area contributed by atoms with Crippen LogP contribution in [0.15, 0.2) is 24.3 Å². The van der Waals surface area contributed by atoms with Crippen LogP contribution in [-0.4, -0.2) is 37.4 Å². The molecule has 1 aromatic rings. The first-order valence-corrected chi connectivity index (χ1v) is 7.79. The van der Waals surface area contributed by atoms with Crippen LogP contribution in [0, 0.1) is 6.92 Å². The first-order valence-electron chi connectivity index (χ1n) is 7.79. The molecule has 1 aliphatic heterocycles. The quantitative estimate of drug-likeness (QED) is 0.925. The summed E-state index contributed by atoms with van der Waals surface area (Å²) in [5.41, 5.74) is 2.26. The van der Waals surface area contributed by atoms with E-state index in [2.05, 4.69) is 11.4 Å². The molecule has 0 bridgehead atoms. The van der Waals surface area contributed by atoms with Gasteiger partial charge in [0.1, 0.15) is 0 Å². The molecule has 4 nitrogen and oxygen atoms in total. The lowest BCUT2D eigenvalue weighted by Gasteiger charge is -2.39. The molecule has 2 aliphatic rings. The molecular weight excluding hydrogens is 266 g/mol. The van der Waals surface area contributed by atoms with E-state index in [0.29, 0.717) is 19.6 Å². The molecule has 3 atom stereocenters. The molecule has 1 heterocycles. The number of fused-ring (bicyclic) bond motifs is 1. The van der Waals surface area contributed by atoms with Crippen LogP contribution in [0.2, 0.25) is 0 Å². The van der Waals surface area contributed by atoms with Gasteiger partial charge in [-0.05, 0) is 31.7 Å². The molecule has 3 rings (SSSR count). The number of aryl methyl sites for hydroxylation is 1. The van der Waals surface area contributed by atoms with Gasteiger partial charge in [0, 0.05) is 6.04 Å². The molecule has 1 aromatic carbocycles. The number of carbonyl (C=O) groups excluding carboxylic acids is 1. The van der Waals surface area contributed by atoms with Gasteiger partial charge in [-0.25, -0.2) is 0 Å². The molecule has 0 spiro atoms. The van der Waals surface area contributed by atoms with E-state index in [1.165, 1.54) is 5.56 Å². The van der Waals surface area contributed by atoms with Crippen LogP contribution in [0.1, 0.15) is 30.4 Å². The van der Waals surface area contributed by atoms with Gasteiger partial charge in [0.2, 0.25) is 5.91 Å². The fourth-order valence-electron chi connectivity index (χ4n) is 3.28. The van der Waals surface area contributed by atoms with E-state index >= 15 is 0 Å². The molecule has 3 unspecified atom stereocenters. The van der Waals surface area contributed by atoms with Crippen LogP contribution in [0.5, 0.6) is 0 Å². The zero-order chi connectivity index (χ0) is 14.7. The number of benzene rings is 1. The summed E-state index contributed by atoms with van der Waals surface area (Å²) in [7, 11) is 0. The van der Waals surface area contributed by atoms with Crippen molar-refractivity contribution in [2.24, 2.45) is 0 Å². The number of nitrogens with one attached hydrogen (secondary N) is 1. The summed E-state index contributed by atoms with van der Waals surface area (Å²) in [5.74, 6) is 0.0979. The zero-order valence-corrected chi connectivity index (χ0v) is 12.5. The highest BCUT2D eigenvalue weighted by Gasteiger charge is 2.34. The molecule has 21 heavy (non-hydrogen) atoms. The molecule has 0 radical (unpaired) electrons. The molecule has 0 aromatic heterocycles. The Kier molecular flexibility index (Phi) is 4.56. The van der Waals surface area contributed by atoms with Crippen molar-refractivity contribution < 1.29 is 14.3 Å². The van der Waals surface area contributed by atoms with Crippen molar-refractivity contribution in [1.29, 1.82) is 0 Å². The van der Waals surface area contributed by atoms with Crippen LogP contribution < -0.4 is 5.32 Å². The molecule has 1 N–H and O–H groups in total. The number of hydrogen-bond acceptors (Lipinski definition) is 3. The predicted molar refractivity (Wildman–Crippen MR) is 80.1 cm³/mol. The molecule has 1 saturated heterocycles. The number of ether oxygens (including phenoxy) is 2. The van der Waals surface area contributed by atoms with Crippen molar-refractivity contribution >= 4 is 5.91 Å². The fraction of sp³-hybridized carbons (Fsp3) is 0.588. The van der Waals surface area contributed by atoms with Crippen LogP contribution in [-0.2, 0) is 20.7 Å². The highest BCUT2D eigenvalue weighted by Crippen LogP contribution is 2.26. The third-order valence-electron chi connectivity index (χ3n) is 4.29. The minimum atomic E-state index is 0.0979. The molecule has 4 heteroatoms. The summed E-state index contributed by atoms with van der Waals surface area (Å²) in [6.45, 7) is 3.42. The summed E-state index contributed by atoms with van der Waals surface area (Å²) >= 11 is 0. The van der Waals surface area contributed by atoms with Crippen LogP contribution in [0.25, 0.3) is 0 Å². The standard InChI is InChI=1S/C17H23NO3/c1-12-3-2-4-13(9-12)10-17(19)18-14-5-6-15-16(11-14)21-8-7-20-15/h2-4,9,14-16H,5-8,10-11H2,1H3,(H,18,19). The second-order valence-corrected chi connectivity index (χ2v) is 6.06. The van der Waals surface area contributed by atoms with Gasteiger partial charge >= 0.3 is 0 Å². The van der Waals surface area contributed by atoms with Gasteiger partial charge < -0.3 is 14.8 Å². The molecule has 114 valence electrons. The van der Waals surface area contributed by atoms with Crippen molar-refractivity contribution in [2.75, 3.05) is 13.2 Å². The van der Waals surface area contributed by atoms with Gasteiger partial charge in [-0.15, -0.1) is 0 Å². The Balaban J connectivity index is 1.51. The van der Waals surface area contributed by atoms with E-state index in [0.717, 1.165) is 24.8 Å². The van der Waals surface area contributed by atoms with Crippen LogP contribution in [0.3, 0.4) is 0 Å². The van der Waals surface area contributed by atoms with E-state index in [1.807, 2.05) is 25.1 Å². The van der Waals surface area contributed by atoms with Crippen LogP contribution in [0.4, 0.5) is 0 Å². The highest BCUT2D eigenvalue weighted by molar-refractivity contribution is 5.78. The molecule has 1 saturated carbocycles. The van der Waals surface area contributed by atoms with E-state index in [1.54, 1.807) is 0 Å². The van der Waals surface area contributed by atoms with Gasteiger partial charge in [0.15, 0.2) is 0 Å². The first-order chi connectivity index (χ1) is 10.2. The Labute approximate surface area is 125 Å². The smallest absolute Gasteiger partial charge is 0.224 e. The van der Waals surface area contributed by atoms with Gasteiger partial charge in [0.25, 0.3) is 0 Å². The third-order valence-corrected chi connectivity index (χ3v) is 4.29. The minimum absolute atomic E-state index is 0.0979. The topological polar surface area (TPSA) is 47.6 Å². The van der Waals surface area contributed by atoms with E-state index in [9.17, 15) is 4.79 Å². The van der Waals surface area contributed by atoms with E-state index < -0.39 is 0 Å². The van der Waals surface area contributed by atoms with Crippen molar-refractivity contribution in [3.8, 4) is 0 Å². The third kappa shape index (κ3) is 3.83. The average Bonchev–Trinajstić information content (AvgIpc) is 2.47. The van der Waals surface area contributed by atoms with Crippen molar-refractivity contribution in [2.45, 2.75) is 50.9 Å². The maximum atomic E-state index is 12.2. The zero-order valence-electron chi connectivity index (χ0n) is 12.5. The fourth-order valence-corrected chi connectivity index (χ4v) is 3.28. The predicted octanol–water partition coefficient (Wildman–Crippen LogP) is 1.99. The second kappa shape index (κ2) is 6.58. The monoisotopic (exact) mass is 289 g/mol. The Morgan fingerprint density at radius 2 is 2.05 bits per heavy atom. The van der Waals surface area contributed by atoms with Gasteiger partial charge in [-0.2, -0.15) is 0 Å². The largest absolute Gasteiger partial charge is 0.373 e. The minimum Gasteiger partial charge on any atom is -0.373 e. The molecule has 1 amide bonds. The Morgan fingerprint density at radius 3 is 2.86 bits per heavy atom. The van der Waals surface area contributed by atoms with Crippen molar-refractivity contribution in [1.82, 2.24) is 5.32 Å². The summed E-state index contributed by atoms with van der Waals surface area (Å²) in [6, 6.07) is 8.32. The number of hydrogen-bond donors (Lipinski definition) is 1. The average molecular weight is 289 g/mol. The maximum absolute atomic E-state index is 12.2. The van der Waals surface area contributed by atoms with Crippen molar-refractivity contribution in [3.63, 3.8) is 0 Å². The summed E-state index contributed by atoms with van der Waals surface area (Å²) in [4.78, 5) is 12.2. The second-order valence-electron chi connectivity index (χ2n) is 6.06. The normalized spacial score (nSPS) is 28.7. The lowest BCUT2D eigenvalue weighted by Crippen LogP contribution is -2.49. The van der Waals surface area contributed by atoms with E-state index in [4.69, 9.17) is 9.47 Å². The Hall–Kier alpha value is -1.39. The van der Waals surface area contributed by atoms with Gasteiger partial charge in [-0.1, -0.05) is 29.8 Å². The lowest BCUT2D eigenvalue weighted by atomic mass is 9.89. The SMILES string of the molecule is Cc1cccc(CC(=O)NC2CCC3OCCOC3C2)c1. The first kappa shape index (κ1) is 14.5. The summed E-state index contributed by atoms with van der Waals surface area (Å²) < 4.78 is 11.5. The molecule has 1 aliphatic carbocycles. The number of rotatable bonds is 3. The van der Waals surface area contributed by atoms with Crippen molar-refractivity contribution in [3.05, 3.63) is 35.4 Å². The Morgan fingerprint density at radius 1 is 1.24 bits per heavy atom. The summed E-state index contributed by atoms with van der Waals surface area (Å²) in [6.07, 6.45) is 3.64. The number of amides is 1. The summed E-state index contributed by atoms with van der Waals surface area (Å²) in [5, 5.41) is 3.15. The van der Waals surface area contributed by atoms with E-state index in [-0.39, 0.29) is 24.2 Å². The molecule has 2 fully saturated rings. The lowest BCUT2D eigenvalue weighted by molar-refractivity contribution is -0.158. The number of carbonyl (C=O) groups is 1.